The van der Waals surface area contributed by atoms with Gasteiger partial charge in [0.05, 0.1) is 5.60 Å². The van der Waals surface area contributed by atoms with E-state index in [2.05, 4.69) is 32.7 Å². The van der Waals surface area contributed by atoms with E-state index in [0.29, 0.717) is 12.0 Å². The van der Waals surface area contributed by atoms with Gasteiger partial charge >= 0.3 is 0 Å². The molecule has 3 atom stereocenters. The SMILES string of the molecule is CC[C@]1(O)C[C@@H](C)N(C)C[C@H]1C. The Labute approximate surface area is 75.6 Å². The van der Waals surface area contributed by atoms with Gasteiger partial charge in [0.15, 0.2) is 0 Å². The summed E-state index contributed by atoms with van der Waals surface area (Å²) in [5.41, 5.74) is -0.411. The second-order valence-corrected chi connectivity index (χ2v) is 4.35. The van der Waals surface area contributed by atoms with Crippen molar-refractivity contribution < 1.29 is 5.11 Å². The second kappa shape index (κ2) is 3.35. The molecule has 2 nitrogen and oxygen atoms in total. The molecule has 1 aliphatic rings. The van der Waals surface area contributed by atoms with Crippen molar-refractivity contribution in [2.75, 3.05) is 13.6 Å². The molecule has 0 amide bonds. The minimum Gasteiger partial charge on any atom is -0.390 e. The fraction of sp³-hybridized carbons (Fsp3) is 1.00. The Hall–Kier alpha value is -0.0800. The molecule has 2 heteroatoms. The first-order valence-electron chi connectivity index (χ1n) is 4.92. The molecule has 1 aliphatic heterocycles. The molecule has 0 aliphatic carbocycles. The van der Waals surface area contributed by atoms with Crippen molar-refractivity contribution in [2.45, 2.75) is 45.3 Å². The van der Waals surface area contributed by atoms with E-state index in [1.807, 2.05) is 0 Å². The summed E-state index contributed by atoms with van der Waals surface area (Å²) in [5, 5.41) is 10.2. The van der Waals surface area contributed by atoms with E-state index in [9.17, 15) is 5.11 Å². The standard InChI is InChI=1S/C10H21NO/c1-5-10(12)6-9(3)11(4)7-8(10)2/h8-9,12H,5-7H2,1-4H3/t8-,9-,10+/m1/s1. The molecule has 12 heavy (non-hydrogen) atoms. The number of piperidine rings is 1. The zero-order chi connectivity index (χ0) is 9.35. The number of hydrogen-bond acceptors (Lipinski definition) is 2. The third kappa shape index (κ3) is 1.64. The van der Waals surface area contributed by atoms with Crippen LogP contribution in [0.3, 0.4) is 0 Å². The van der Waals surface area contributed by atoms with Gasteiger partial charge in [0, 0.05) is 12.6 Å². The summed E-state index contributed by atoms with van der Waals surface area (Å²) in [7, 11) is 2.14. The molecule has 1 rings (SSSR count). The van der Waals surface area contributed by atoms with Crippen molar-refractivity contribution >= 4 is 0 Å². The van der Waals surface area contributed by atoms with E-state index in [1.165, 1.54) is 0 Å². The minimum atomic E-state index is -0.411. The quantitative estimate of drug-likeness (QED) is 0.646. The average Bonchev–Trinajstić information content (AvgIpc) is 2.01. The highest BCUT2D eigenvalue weighted by atomic mass is 16.3. The molecular weight excluding hydrogens is 150 g/mol. The Balaban J connectivity index is 2.67. The van der Waals surface area contributed by atoms with Gasteiger partial charge in [-0.2, -0.15) is 0 Å². The van der Waals surface area contributed by atoms with Crippen molar-refractivity contribution in [3.05, 3.63) is 0 Å². The summed E-state index contributed by atoms with van der Waals surface area (Å²) in [4.78, 5) is 2.33. The molecule has 1 fully saturated rings. The van der Waals surface area contributed by atoms with Gasteiger partial charge in [0.2, 0.25) is 0 Å². The van der Waals surface area contributed by atoms with E-state index in [1.54, 1.807) is 0 Å². The maximum Gasteiger partial charge on any atom is 0.0697 e. The molecule has 0 aromatic rings. The third-order valence-electron chi connectivity index (χ3n) is 3.49. The summed E-state index contributed by atoms with van der Waals surface area (Å²) in [5.74, 6) is 0.406. The zero-order valence-electron chi connectivity index (χ0n) is 8.67. The Bertz CT molecular complexity index is 160. The first-order valence-corrected chi connectivity index (χ1v) is 4.92. The van der Waals surface area contributed by atoms with Crippen molar-refractivity contribution in [1.29, 1.82) is 0 Å². The lowest BCUT2D eigenvalue weighted by molar-refractivity contribution is -0.0806. The average molecular weight is 171 g/mol. The number of aliphatic hydroxyl groups is 1. The molecule has 0 radical (unpaired) electrons. The maximum absolute atomic E-state index is 10.2. The lowest BCUT2D eigenvalue weighted by Gasteiger charge is -2.45. The van der Waals surface area contributed by atoms with Gasteiger partial charge in [-0.1, -0.05) is 13.8 Å². The molecule has 0 saturated carbocycles. The van der Waals surface area contributed by atoms with Crippen LogP contribution in [0.4, 0.5) is 0 Å². The highest BCUT2D eigenvalue weighted by Crippen LogP contribution is 2.32. The van der Waals surface area contributed by atoms with Crippen LogP contribution in [0.5, 0.6) is 0 Å². The molecule has 0 bridgehead atoms. The van der Waals surface area contributed by atoms with Crippen LogP contribution in [0.15, 0.2) is 0 Å². The van der Waals surface area contributed by atoms with Crippen LogP contribution in [0.2, 0.25) is 0 Å². The van der Waals surface area contributed by atoms with Crippen LogP contribution in [0, 0.1) is 5.92 Å². The maximum atomic E-state index is 10.2. The Morgan fingerprint density at radius 2 is 2.08 bits per heavy atom. The van der Waals surface area contributed by atoms with Crippen molar-refractivity contribution in [3.63, 3.8) is 0 Å². The molecule has 0 unspecified atom stereocenters. The minimum absolute atomic E-state index is 0.406. The van der Waals surface area contributed by atoms with E-state index in [-0.39, 0.29) is 0 Å². The van der Waals surface area contributed by atoms with Gasteiger partial charge in [-0.25, -0.2) is 0 Å². The molecule has 1 heterocycles. The fourth-order valence-electron chi connectivity index (χ4n) is 2.14. The van der Waals surface area contributed by atoms with Crippen LogP contribution in [0.25, 0.3) is 0 Å². The molecule has 1 N–H and O–H groups in total. The highest BCUT2D eigenvalue weighted by Gasteiger charge is 2.39. The summed E-state index contributed by atoms with van der Waals surface area (Å²) in [6.07, 6.45) is 1.80. The molecule has 1 saturated heterocycles. The number of likely N-dealkylation sites (tertiary alicyclic amines) is 1. The van der Waals surface area contributed by atoms with Crippen molar-refractivity contribution in [2.24, 2.45) is 5.92 Å². The van der Waals surface area contributed by atoms with Gasteiger partial charge in [-0.15, -0.1) is 0 Å². The van der Waals surface area contributed by atoms with Crippen LogP contribution < -0.4 is 0 Å². The molecule has 0 aromatic heterocycles. The van der Waals surface area contributed by atoms with Gasteiger partial charge < -0.3 is 10.0 Å². The number of nitrogens with zero attached hydrogens (tertiary/aromatic N) is 1. The van der Waals surface area contributed by atoms with Gasteiger partial charge in [0.25, 0.3) is 0 Å². The smallest absolute Gasteiger partial charge is 0.0697 e. The molecule has 72 valence electrons. The highest BCUT2D eigenvalue weighted by molar-refractivity contribution is 4.92. The lowest BCUT2D eigenvalue weighted by atomic mass is 9.77. The van der Waals surface area contributed by atoms with Gasteiger partial charge in [-0.05, 0) is 32.7 Å². The summed E-state index contributed by atoms with van der Waals surface area (Å²) in [6, 6.07) is 0.520. The first kappa shape index (κ1) is 10.0. The van der Waals surface area contributed by atoms with Crippen LogP contribution >= 0.6 is 0 Å². The normalized spacial score (nSPS) is 44.8. The number of rotatable bonds is 1. The molecule has 0 spiro atoms. The number of hydrogen-bond donors (Lipinski definition) is 1. The Kier molecular flexibility index (Phi) is 2.79. The van der Waals surface area contributed by atoms with Crippen LogP contribution in [-0.2, 0) is 0 Å². The van der Waals surface area contributed by atoms with Crippen molar-refractivity contribution in [3.8, 4) is 0 Å². The predicted octanol–water partition coefficient (Wildman–Crippen LogP) is 1.49. The van der Waals surface area contributed by atoms with Crippen LogP contribution in [0.1, 0.15) is 33.6 Å². The summed E-state index contributed by atoms with van der Waals surface area (Å²) < 4.78 is 0. The third-order valence-corrected chi connectivity index (χ3v) is 3.49. The molecular formula is C10H21NO. The fourth-order valence-corrected chi connectivity index (χ4v) is 2.14. The Morgan fingerprint density at radius 1 is 1.50 bits per heavy atom. The summed E-state index contributed by atoms with van der Waals surface area (Å²) >= 11 is 0. The molecule has 0 aromatic carbocycles. The second-order valence-electron chi connectivity index (χ2n) is 4.35. The van der Waals surface area contributed by atoms with Gasteiger partial charge in [-0.3, -0.25) is 0 Å². The predicted molar refractivity (Wildman–Crippen MR) is 51.1 cm³/mol. The van der Waals surface area contributed by atoms with Crippen LogP contribution in [-0.4, -0.2) is 35.2 Å². The largest absolute Gasteiger partial charge is 0.390 e. The van der Waals surface area contributed by atoms with E-state index < -0.39 is 5.60 Å². The topological polar surface area (TPSA) is 23.5 Å². The zero-order valence-corrected chi connectivity index (χ0v) is 8.67. The first-order chi connectivity index (χ1) is 5.49. The Morgan fingerprint density at radius 3 is 2.58 bits per heavy atom. The monoisotopic (exact) mass is 171 g/mol. The van der Waals surface area contributed by atoms with Crippen molar-refractivity contribution in [1.82, 2.24) is 4.90 Å². The van der Waals surface area contributed by atoms with E-state index in [4.69, 9.17) is 0 Å². The van der Waals surface area contributed by atoms with E-state index in [0.717, 1.165) is 19.4 Å². The lowest BCUT2D eigenvalue weighted by Crippen LogP contribution is -2.53. The summed E-state index contributed by atoms with van der Waals surface area (Å²) in [6.45, 7) is 7.43. The van der Waals surface area contributed by atoms with E-state index >= 15 is 0 Å². The van der Waals surface area contributed by atoms with Gasteiger partial charge in [0.1, 0.15) is 0 Å².